The maximum Gasteiger partial charge on any atom is 0.320 e. The Hall–Kier alpha value is -1.55. The van der Waals surface area contributed by atoms with Gasteiger partial charge in [0.2, 0.25) is 0 Å². The Morgan fingerprint density at radius 3 is 2.74 bits per heavy atom. The standard InChI is InChI=1S/C15H21NO3/c1-11(12-5-7-13(19-2)8-6-12)10-16-9-3-4-14(16)15(17)18/h5-8,11,14H,3-4,9-10H2,1-2H3,(H,17,18)/t11?,14-/m1/s1. The molecule has 1 aromatic carbocycles. The van der Waals surface area contributed by atoms with Crippen molar-refractivity contribution in [1.82, 2.24) is 4.90 Å². The monoisotopic (exact) mass is 263 g/mol. The first-order valence-electron chi connectivity index (χ1n) is 6.72. The third-order valence-electron chi connectivity index (χ3n) is 3.84. The second-order valence-corrected chi connectivity index (χ2v) is 5.17. The van der Waals surface area contributed by atoms with Crippen molar-refractivity contribution < 1.29 is 14.6 Å². The van der Waals surface area contributed by atoms with Crippen LogP contribution in [0.5, 0.6) is 5.75 Å². The molecule has 1 aliphatic rings. The van der Waals surface area contributed by atoms with Crippen molar-refractivity contribution in [2.45, 2.75) is 31.7 Å². The number of nitrogens with zero attached hydrogens (tertiary/aromatic N) is 1. The van der Waals surface area contributed by atoms with Crippen molar-refractivity contribution in [3.8, 4) is 5.75 Å². The third kappa shape index (κ3) is 3.26. The van der Waals surface area contributed by atoms with Gasteiger partial charge >= 0.3 is 5.97 Å². The molecule has 1 saturated heterocycles. The van der Waals surface area contributed by atoms with Crippen molar-refractivity contribution in [3.05, 3.63) is 29.8 Å². The maximum absolute atomic E-state index is 11.2. The summed E-state index contributed by atoms with van der Waals surface area (Å²) in [5, 5.41) is 9.18. The lowest BCUT2D eigenvalue weighted by molar-refractivity contribution is -0.142. The molecule has 1 unspecified atom stereocenters. The average Bonchev–Trinajstić information content (AvgIpc) is 2.87. The highest BCUT2D eigenvalue weighted by atomic mass is 16.5. The minimum absolute atomic E-state index is 0.305. The molecular weight excluding hydrogens is 242 g/mol. The minimum atomic E-state index is -0.695. The molecule has 2 rings (SSSR count). The van der Waals surface area contributed by atoms with E-state index in [9.17, 15) is 9.90 Å². The zero-order valence-corrected chi connectivity index (χ0v) is 11.5. The summed E-state index contributed by atoms with van der Waals surface area (Å²) >= 11 is 0. The van der Waals surface area contributed by atoms with Gasteiger partial charge in [0.1, 0.15) is 11.8 Å². The molecule has 1 N–H and O–H groups in total. The summed E-state index contributed by atoms with van der Waals surface area (Å²) in [5.74, 6) is 0.478. The average molecular weight is 263 g/mol. The number of rotatable bonds is 5. The normalized spacial score (nSPS) is 21.3. The minimum Gasteiger partial charge on any atom is -0.497 e. The number of carboxylic acids is 1. The third-order valence-corrected chi connectivity index (χ3v) is 3.84. The molecule has 2 atom stereocenters. The second-order valence-electron chi connectivity index (χ2n) is 5.17. The quantitative estimate of drug-likeness (QED) is 0.886. The molecular formula is C15H21NO3. The molecule has 104 valence electrons. The lowest BCUT2D eigenvalue weighted by Gasteiger charge is -2.25. The van der Waals surface area contributed by atoms with E-state index in [1.54, 1.807) is 7.11 Å². The number of carbonyl (C=O) groups is 1. The fourth-order valence-corrected chi connectivity index (χ4v) is 2.71. The van der Waals surface area contributed by atoms with Gasteiger partial charge in [-0.15, -0.1) is 0 Å². The van der Waals surface area contributed by atoms with Gasteiger partial charge in [-0.1, -0.05) is 19.1 Å². The molecule has 4 nitrogen and oxygen atoms in total. The second kappa shape index (κ2) is 6.06. The van der Waals surface area contributed by atoms with E-state index in [1.165, 1.54) is 5.56 Å². The molecule has 1 heterocycles. The lowest BCUT2D eigenvalue weighted by Crippen LogP contribution is -2.38. The predicted molar refractivity (Wildman–Crippen MR) is 73.6 cm³/mol. The van der Waals surface area contributed by atoms with Crippen LogP contribution in [0, 0.1) is 0 Å². The van der Waals surface area contributed by atoms with E-state index in [0.29, 0.717) is 5.92 Å². The van der Waals surface area contributed by atoms with Crippen LogP contribution in [0.15, 0.2) is 24.3 Å². The maximum atomic E-state index is 11.2. The van der Waals surface area contributed by atoms with Crippen LogP contribution in [-0.4, -0.2) is 42.2 Å². The van der Waals surface area contributed by atoms with Crippen molar-refractivity contribution >= 4 is 5.97 Å². The highest BCUT2D eigenvalue weighted by Crippen LogP contribution is 2.24. The summed E-state index contributed by atoms with van der Waals surface area (Å²) in [7, 11) is 1.65. The van der Waals surface area contributed by atoms with Crippen LogP contribution in [0.1, 0.15) is 31.2 Å². The van der Waals surface area contributed by atoms with Gasteiger partial charge in [-0.25, -0.2) is 0 Å². The molecule has 0 saturated carbocycles. The van der Waals surface area contributed by atoms with E-state index >= 15 is 0 Å². The molecule has 19 heavy (non-hydrogen) atoms. The van der Waals surface area contributed by atoms with E-state index in [0.717, 1.165) is 31.7 Å². The van der Waals surface area contributed by atoms with Crippen LogP contribution in [-0.2, 0) is 4.79 Å². The molecule has 0 radical (unpaired) electrons. The van der Waals surface area contributed by atoms with Gasteiger partial charge in [0.15, 0.2) is 0 Å². The first kappa shape index (κ1) is 13.9. The van der Waals surface area contributed by atoms with Gasteiger partial charge in [-0.2, -0.15) is 0 Å². The summed E-state index contributed by atoms with van der Waals surface area (Å²) < 4.78 is 5.14. The van der Waals surface area contributed by atoms with Crippen molar-refractivity contribution in [2.75, 3.05) is 20.2 Å². The Balaban J connectivity index is 1.99. The zero-order valence-electron chi connectivity index (χ0n) is 11.5. The highest BCUT2D eigenvalue weighted by Gasteiger charge is 2.31. The topological polar surface area (TPSA) is 49.8 Å². The Morgan fingerprint density at radius 1 is 1.47 bits per heavy atom. The molecule has 1 aromatic rings. The largest absolute Gasteiger partial charge is 0.497 e. The van der Waals surface area contributed by atoms with Crippen molar-refractivity contribution in [1.29, 1.82) is 0 Å². The number of ether oxygens (including phenoxy) is 1. The van der Waals surface area contributed by atoms with E-state index in [-0.39, 0.29) is 6.04 Å². The van der Waals surface area contributed by atoms with Gasteiger partial charge in [0.05, 0.1) is 7.11 Å². The first-order valence-corrected chi connectivity index (χ1v) is 6.72. The summed E-state index contributed by atoms with van der Waals surface area (Å²) in [4.78, 5) is 13.2. The summed E-state index contributed by atoms with van der Waals surface area (Å²) in [6.45, 7) is 3.82. The van der Waals surface area contributed by atoms with Crippen LogP contribution < -0.4 is 4.74 Å². The lowest BCUT2D eigenvalue weighted by atomic mass is 10.00. The fraction of sp³-hybridized carbons (Fsp3) is 0.533. The molecule has 4 heteroatoms. The molecule has 1 fully saturated rings. The van der Waals surface area contributed by atoms with Gasteiger partial charge in [-0.05, 0) is 43.0 Å². The molecule has 0 spiro atoms. The Kier molecular flexibility index (Phi) is 4.43. The predicted octanol–water partition coefficient (Wildman–Crippen LogP) is 2.35. The van der Waals surface area contributed by atoms with E-state index in [2.05, 4.69) is 24.0 Å². The van der Waals surface area contributed by atoms with Crippen LogP contribution in [0.2, 0.25) is 0 Å². The number of carboxylic acid groups (broad SMARTS) is 1. The molecule has 0 aromatic heterocycles. The highest BCUT2D eigenvalue weighted by molar-refractivity contribution is 5.73. The van der Waals surface area contributed by atoms with Gasteiger partial charge in [0.25, 0.3) is 0 Å². The smallest absolute Gasteiger partial charge is 0.320 e. The Bertz CT molecular complexity index is 430. The van der Waals surface area contributed by atoms with Gasteiger partial charge in [-0.3, -0.25) is 9.69 Å². The molecule has 0 amide bonds. The molecule has 1 aliphatic heterocycles. The van der Waals surface area contributed by atoms with Gasteiger partial charge in [0, 0.05) is 6.54 Å². The van der Waals surface area contributed by atoms with E-state index in [4.69, 9.17) is 4.74 Å². The Labute approximate surface area is 114 Å². The number of hydrogen-bond donors (Lipinski definition) is 1. The number of aliphatic carboxylic acids is 1. The SMILES string of the molecule is COc1ccc(C(C)CN2CCC[C@@H]2C(=O)O)cc1. The van der Waals surface area contributed by atoms with Crippen LogP contribution in [0.3, 0.4) is 0 Å². The van der Waals surface area contributed by atoms with Gasteiger partial charge < -0.3 is 9.84 Å². The summed E-state index contributed by atoms with van der Waals surface area (Å²) in [5.41, 5.74) is 1.22. The molecule has 0 bridgehead atoms. The van der Waals surface area contributed by atoms with E-state index < -0.39 is 5.97 Å². The fourth-order valence-electron chi connectivity index (χ4n) is 2.71. The van der Waals surface area contributed by atoms with Crippen LogP contribution in [0.4, 0.5) is 0 Å². The number of likely N-dealkylation sites (tertiary alicyclic amines) is 1. The summed E-state index contributed by atoms with van der Waals surface area (Å²) in [6.07, 6.45) is 1.75. The first-order chi connectivity index (χ1) is 9.11. The Morgan fingerprint density at radius 2 is 2.16 bits per heavy atom. The summed E-state index contributed by atoms with van der Waals surface area (Å²) in [6, 6.07) is 7.69. The number of benzene rings is 1. The van der Waals surface area contributed by atoms with Crippen molar-refractivity contribution in [3.63, 3.8) is 0 Å². The van der Waals surface area contributed by atoms with Crippen LogP contribution >= 0.6 is 0 Å². The zero-order chi connectivity index (χ0) is 13.8. The van der Waals surface area contributed by atoms with Crippen LogP contribution in [0.25, 0.3) is 0 Å². The van der Waals surface area contributed by atoms with E-state index in [1.807, 2.05) is 12.1 Å². The number of methoxy groups -OCH3 is 1. The van der Waals surface area contributed by atoms with Crippen molar-refractivity contribution in [2.24, 2.45) is 0 Å². The number of hydrogen-bond acceptors (Lipinski definition) is 3. The molecule has 0 aliphatic carbocycles.